The SMILES string of the molecule is COc1ncc(C(=O)Nc2ccc([C@H]3CC[C@H](C(=O)NC(C)(C)C(=O)O)CC3)cc2)cc1Cl. The van der Waals surface area contributed by atoms with Crippen LogP contribution < -0.4 is 15.4 Å². The Bertz CT molecular complexity index is 1030. The molecule has 1 fully saturated rings. The van der Waals surface area contributed by atoms with Crippen LogP contribution in [0.15, 0.2) is 36.5 Å². The Morgan fingerprint density at radius 1 is 1.12 bits per heavy atom. The van der Waals surface area contributed by atoms with Crippen LogP contribution in [-0.4, -0.2) is 40.5 Å². The Labute approximate surface area is 197 Å². The average molecular weight is 474 g/mol. The van der Waals surface area contributed by atoms with E-state index >= 15 is 0 Å². The van der Waals surface area contributed by atoms with Gasteiger partial charge in [-0.25, -0.2) is 9.78 Å². The number of nitrogens with zero attached hydrogens (tertiary/aromatic N) is 1. The summed E-state index contributed by atoms with van der Waals surface area (Å²) in [5, 5.41) is 14.9. The summed E-state index contributed by atoms with van der Waals surface area (Å²) >= 11 is 6.04. The summed E-state index contributed by atoms with van der Waals surface area (Å²) in [7, 11) is 1.46. The fraction of sp³-hybridized carbons (Fsp3) is 0.417. The Kier molecular flexibility index (Phi) is 7.58. The van der Waals surface area contributed by atoms with E-state index in [0.29, 0.717) is 30.0 Å². The average Bonchev–Trinajstić information content (AvgIpc) is 2.79. The van der Waals surface area contributed by atoms with Crippen molar-refractivity contribution in [2.45, 2.75) is 51.0 Å². The summed E-state index contributed by atoms with van der Waals surface area (Å²) in [5.74, 6) is -1.18. The van der Waals surface area contributed by atoms with Gasteiger partial charge in [-0.1, -0.05) is 23.7 Å². The van der Waals surface area contributed by atoms with Crippen LogP contribution in [-0.2, 0) is 9.59 Å². The van der Waals surface area contributed by atoms with Gasteiger partial charge in [0.15, 0.2) is 0 Å². The molecule has 0 aliphatic heterocycles. The number of halogens is 1. The second-order valence-corrected chi connectivity index (χ2v) is 9.17. The van der Waals surface area contributed by atoms with E-state index in [9.17, 15) is 19.5 Å². The van der Waals surface area contributed by atoms with Crippen LogP contribution in [0.5, 0.6) is 5.88 Å². The zero-order valence-electron chi connectivity index (χ0n) is 18.9. The predicted octanol–water partition coefficient (Wildman–Crippen LogP) is 4.25. The third-order valence-corrected chi connectivity index (χ3v) is 6.24. The minimum Gasteiger partial charge on any atom is -0.480 e. The number of anilines is 1. The number of ether oxygens (including phenoxy) is 1. The third kappa shape index (κ3) is 6.01. The molecule has 1 aromatic carbocycles. The molecular formula is C24H28ClN3O5. The molecule has 1 aliphatic rings. The van der Waals surface area contributed by atoms with Crippen molar-refractivity contribution in [3.05, 3.63) is 52.7 Å². The Balaban J connectivity index is 1.55. The highest BCUT2D eigenvalue weighted by molar-refractivity contribution is 6.32. The largest absolute Gasteiger partial charge is 0.480 e. The summed E-state index contributed by atoms with van der Waals surface area (Å²) in [6, 6.07) is 9.16. The van der Waals surface area contributed by atoms with Gasteiger partial charge in [-0.2, -0.15) is 0 Å². The van der Waals surface area contributed by atoms with Crippen molar-refractivity contribution >= 4 is 35.1 Å². The molecule has 1 aliphatic carbocycles. The van der Waals surface area contributed by atoms with E-state index in [0.717, 1.165) is 18.4 Å². The Morgan fingerprint density at radius 2 is 1.76 bits per heavy atom. The van der Waals surface area contributed by atoms with Gasteiger partial charge in [0.05, 0.1) is 12.7 Å². The van der Waals surface area contributed by atoms with E-state index in [1.165, 1.54) is 33.2 Å². The van der Waals surface area contributed by atoms with Crippen LogP contribution in [0.25, 0.3) is 0 Å². The smallest absolute Gasteiger partial charge is 0.328 e. The number of methoxy groups -OCH3 is 1. The number of nitrogens with one attached hydrogen (secondary N) is 2. The van der Waals surface area contributed by atoms with Gasteiger partial charge >= 0.3 is 5.97 Å². The summed E-state index contributed by atoms with van der Waals surface area (Å²) in [4.78, 5) is 40.2. The van der Waals surface area contributed by atoms with E-state index in [1.54, 1.807) is 0 Å². The molecule has 1 heterocycles. The molecule has 33 heavy (non-hydrogen) atoms. The zero-order valence-corrected chi connectivity index (χ0v) is 19.6. The van der Waals surface area contributed by atoms with Gasteiger partial charge < -0.3 is 20.5 Å². The number of aliphatic carboxylic acids is 1. The molecule has 0 atom stereocenters. The van der Waals surface area contributed by atoms with Crippen LogP contribution in [0, 0.1) is 5.92 Å². The summed E-state index contributed by atoms with van der Waals surface area (Å²) in [5.41, 5.74) is 0.848. The molecule has 176 valence electrons. The quantitative estimate of drug-likeness (QED) is 0.553. The number of carbonyl (C=O) groups excluding carboxylic acids is 2. The van der Waals surface area contributed by atoms with Gasteiger partial charge in [-0.05, 0) is 69.2 Å². The maximum atomic E-state index is 12.5. The monoisotopic (exact) mass is 473 g/mol. The summed E-state index contributed by atoms with van der Waals surface area (Å²) < 4.78 is 5.00. The molecule has 0 unspecified atom stereocenters. The number of carbonyl (C=O) groups is 3. The standard InChI is InChI=1S/C24H28ClN3O5/c1-24(2,23(31)32)28-21(30)16-6-4-14(5-7-16)15-8-10-18(11-9-15)27-20(29)17-12-19(25)22(33-3)26-13-17/h8-14,16H,4-7H2,1-3H3,(H,27,29)(H,28,30)(H,31,32)/t14-,16-. The highest BCUT2D eigenvalue weighted by Crippen LogP contribution is 2.36. The van der Waals surface area contributed by atoms with Gasteiger partial charge in [0.25, 0.3) is 5.91 Å². The first kappa shape index (κ1) is 24.5. The number of carboxylic acid groups (broad SMARTS) is 1. The van der Waals surface area contributed by atoms with Crippen LogP contribution in [0.4, 0.5) is 5.69 Å². The van der Waals surface area contributed by atoms with Crippen LogP contribution in [0.1, 0.15) is 61.4 Å². The molecule has 3 N–H and O–H groups in total. The fourth-order valence-corrected chi connectivity index (χ4v) is 4.14. The third-order valence-electron chi connectivity index (χ3n) is 5.97. The topological polar surface area (TPSA) is 118 Å². The zero-order chi connectivity index (χ0) is 24.2. The van der Waals surface area contributed by atoms with Gasteiger partial charge in [-0.15, -0.1) is 0 Å². The van der Waals surface area contributed by atoms with Gasteiger partial charge in [-0.3, -0.25) is 9.59 Å². The minimum atomic E-state index is -1.28. The lowest BCUT2D eigenvalue weighted by Gasteiger charge is -2.30. The van der Waals surface area contributed by atoms with Crippen LogP contribution in [0.3, 0.4) is 0 Å². The lowest BCUT2D eigenvalue weighted by molar-refractivity contribution is -0.146. The highest BCUT2D eigenvalue weighted by atomic mass is 35.5. The second-order valence-electron chi connectivity index (χ2n) is 8.76. The first-order chi connectivity index (χ1) is 15.6. The number of benzene rings is 1. The molecule has 1 aromatic heterocycles. The van der Waals surface area contributed by atoms with Crippen LogP contribution >= 0.6 is 11.6 Å². The number of carboxylic acids is 1. The van der Waals surface area contributed by atoms with Gasteiger partial charge in [0.1, 0.15) is 10.6 Å². The van der Waals surface area contributed by atoms with Crippen molar-refractivity contribution in [1.29, 1.82) is 0 Å². The molecule has 0 saturated heterocycles. The molecule has 9 heteroatoms. The number of hydrogen-bond donors (Lipinski definition) is 3. The molecule has 1 saturated carbocycles. The molecule has 2 amide bonds. The number of rotatable bonds is 7. The van der Waals surface area contributed by atoms with Crippen molar-refractivity contribution in [2.75, 3.05) is 12.4 Å². The van der Waals surface area contributed by atoms with Gasteiger partial charge in [0.2, 0.25) is 11.8 Å². The van der Waals surface area contributed by atoms with Crippen molar-refractivity contribution in [3.63, 3.8) is 0 Å². The van der Waals surface area contributed by atoms with Crippen molar-refractivity contribution in [2.24, 2.45) is 5.92 Å². The van der Waals surface area contributed by atoms with Crippen molar-refractivity contribution < 1.29 is 24.2 Å². The Morgan fingerprint density at radius 3 is 2.30 bits per heavy atom. The van der Waals surface area contributed by atoms with E-state index < -0.39 is 11.5 Å². The maximum Gasteiger partial charge on any atom is 0.328 e. The molecule has 3 rings (SSSR count). The minimum absolute atomic E-state index is 0.177. The molecule has 8 nitrogen and oxygen atoms in total. The van der Waals surface area contributed by atoms with Crippen molar-refractivity contribution in [3.8, 4) is 5.88 Å². The first-order valence-electron chi connectivity index (χ1n) is 10.8. The normalized spacial score (nSPS) is 18.3. The fourth-order valence-electron chi connectivity index (χ4n) is 3.89. The first-order valence-corrected chi connectivity index (χ1v) is 11.1. The number of hydrogen-bond acceptors (Lipinski definition) is 5. The maximum absolute atomic E-state index is 12.5. The molecule has 0 bridgehead atoms. The van der Waals surface area contributed by atoms with Gasteiger partial charge in [0, 0.05) is 17.8 Å². The molecule has 2 aromatic rings. The highest BCUT2D eigenvalue weighted by Gasteiger charge is 2.33. The van der Waals surface area contributed by atoms with Crippen LogP contribution in [0.2, 0.25) is 5.02 Å². The number of amides is 2. The lowest BCUT2D eigenvalue weighted by atomic mass is 9.78. The molecule has 0 radical (unpaired) electrons. The van der Waals surface area contributed by atoms with E-state index in [4.69, 9.17) is 16.3 Å². The predicted molar refractivity (Wildman–Crippen MR) is 125 cm³/mol. The molecule has 0 spiro atoms. The summed E-state index contributed by atoms with van der Waals surface area (Å²) in [6.07, 6.45) is 4.49. The number of aromatic nitrogens is 1. The second kappa shape index (κ2) is 10.2. The van der Waals surface area contributed by atoms with E-state index in [2.05, 4.69) is 15.6 Å². The van der Waals surface area contributed by atoms with E-state index in [-0.39, 0.29) is 28.6 Å². The van der Waals surface area contributed by atoms with Crippen molar-refractivity contribution in [1.82, 2.24) is 10.3 Å². The Hall–Kier alpha value is -3.13. The number of pyridine rings is 1. The van der Waals surface area contributed by atoms with E-state index in [1.807, 2.05) is 24.3 Å². The molecular weight excluding hydrogens is 446 g/mol. The summed E-state index contributed by atoms with van der Waals surface area (Å²) in [6.45, 7) is 2.97. The lowest BCUT2D eigenvalue weighted by Crippen LogP contribution is -2.51.